The van der Waals surface area contributed by atoms with Gasteiger partial charge in [-0.25, -0.2) is 0 Å². The van der Waals surface area contributed by atoms with Crippen LogP contribution in [0.1, 0.15) is 31.4 Å². The molecule has 0 saturated heterocycles. The fraction of sp³-hybridized carbons (Fsp3) is 0.429. The van der Waals surface area contributed by atoms with Crippen LogP contribution in [0.4, 0.5) is 0 Å². The number of rotatable bonds is 4. The van der Waals surface area contributed by atoms with Gasteiger partial charge in [-0.3, -0.25) is 0 Å². The van der Waals surface area contributed by atoms with Gasteiger partial charge in [0.25, 0.3) is 0 Å². The fourth-order valence-electron chi connectivity index (χ4n) is 2.17. The van der Waals surface area contributed by atoms with Gasteiger partial charge in [0.1, 0.15) is 0 Å². The first-order chi connectivity index (χ1) is 7.76. The number of nitrogens with one attached hydrogen (secondary N) is 1. The second kappa shape index (κ2) is 4.71. The van der Waals surface area contributed by atoms with Crippen molar-refractivity contribution in [3.8, 4) is 0 Å². The number of fused-ring (bicyclic) bond motifs is 1. The van der Waals surface area contributed by atoms with Crippen LogP contribution in [0.2, 0.25) is 0 Å². The van der Waals surface area contributed by atoms with Gasteiger partial charge in [-0.2, -0.15) is 0 Å². The van der Waals surface area contributed by atoms with Gasteiger partial charge < -0.3 is 10.7 Å². The van der Waals surface area contributed by atoms with Gasteiger partial charge in [0.15, 0.2) is 0 Å². The van der Waals surface area contributed by atoms with E-state index in [2.05, 4.69) is 43.2 Å². The molecule has 0 bridgehead atoms. The van der Waals surface area contributed by atoms with Gasteiger partial charge in [0, 0.05) is 23.1 Å². The van der Waals surface area contributed by atoms with Gasteiger partial charge in [0.2, 0.25) is 0 Å². The van der Waals surface area contributed by atoms with Crippen molar-refractivity contribution in [2.24, 2.45) is 5.73 Å². The monoisotopic (exact) mass is 216 g/mol. The number of hydrogen-bond donors (Lipinski definition) is 2. The lowest BCUT2D eigenvalue weighted by Crippen LogP contribution is -2.21. The molecule has 1 atom stereocenters. The Labute approximate surface area is 96.9 Å². The maximum Gasteiger partial charge on any atom is 0.0489 e. The number of para-hydroxylation sites is 1. The zero-order chi connectivity index (χ0) is 11.5. The van der Waals surface area contributed by atoms with Crippen molar-refractivity contribution in [1.82, 2.24) is 4.98 Å². The lowest BCUT2D eigenvalue weighted by atomic mass is 10.0. The summed E-state index contributed by atoms with van der Waals surface area (Å²) < 4.78 is 0. The lowest BCUT2D eigenvalue weighted by Gasteiger charge is -2.07. The van der Waals surface area contributed by atoms with E-state index >= 15 is 0 Å². The first-order valence-electron chi connectivity index (χ1n) is 6.09. The fourth-order valence-corrected chi connectivity index (χ4v) is 2.17. The Morgan fingerprint density at radius 3 is 2.75 bits per heavy atom. The van der Waals surface area contributed by atoms with Crippen LogP contribution >= 0.6 is 0 Å². The Bertz CT molecular complexity index is 471. The van der Waals surface area contributed by atoms with Crippen LogP contribution in [0.15, 0.2) is 24.4 Å². The predicted octanol–water partition coefficient (Wildman–Crippen LogP) is 3.01. The number of hydrogen-bond acceptors (Lipinski definition) is 1. The maximum atomic E-state index is 6.01. The molecule has 1 unspecified atom stereocenters. The lowest BCUT2D eigenvalue weighted by molar-refractivity contribution is 0.648. The second-order valence-corrected chi connectivity index (χ2v) is 4.38. The van der Waals surface area contributed by atoms with Gasteiger partial charge in [-0.05, 0) is 30.4 Å². The van der Waals surface area contributed by atoms with Crippen molar-refractivity contribution in [2.45, 2.75) is 39.2 Å². The normalized spacial score (nSPS) is 13.2. The van der Waals surface area contributed by atoms with Gasteiger partial charge in [-0.1, -0.05) is 32.0 Å². The summed E-state index contributed by atoms with van der Waals surface area (Å²) >= 11 is 0. The standard InChI is InChI=1S/C14H20N2/c1-3-10-6-5-7-13-11(8-12(15)4-2)9-16-14(10)13/h5-7,9,12,16H,3-4,8,15H2,1-2H3. The summed E-state index contributed by atoms with van der Waals surface area (Å²) in [5, 5.41) is 1.34. The highest BCUT2D eigenvalue weighted by Gasteiger charge is 2.08. The van der Waals surface area contributed by atoms with Crippen LogP contribution in [0.3, 0.4) is 0 Å². The molecule has 0 saturated carbocycles. The first-order valence-corrected chi connectivity index (χ1v) is 6.09. The number of aryl methyl sites for hydroxylation is 1. The molecule has 0 aliphatic heterocycles. The molecule has 0 fully saturated rings. The van der Waals surface area contributed by atoms with Gasteiger partial charge >= 0.3 is 0 Å². The molecule has 1 heterocycles. The molecule has 0 spiro atoms. The smallest absolute Gasteiger partial charge is 0.0489 e. The highest BCUT2D eigenvalue weighted by Crippen LogP contribution is 2.23. The van der Waals surface area contributed by atoms with Crippen LogP contribution in [0.5, 0.6) is 0 Å². The van der Waals surface area contributed by atoms with Crippen molar-refractivity contribution < 1.29 is 0 Å². The molecular weight excluding hydrogens is 196 g/mol. The van der Waals surface area contributed by atoms with Gasteiger partial charge in [0.05, 0.1) is 0 Å². The van der Waals surface area contributed by atoms with E-state index in [1.807, 2.05) is 0 Å². The number of nitrogens with two attached hydrogens (primary N) is 1. The predicted molar refractivity (Wildman–Crippen MR) is 69.6 cm³/mol. The third kappa shape index (κ3) is 1.98. The Hall–Kier alpha value is -1.28. The third-order valence-electron chi connectivity index (χ3n) is 3.27. The van der Waals surface area contributed by atoms with Crippen molar-refractivity contribution in [1.29, 1.82) is 0 Å². The Balaban J connectivity index is 2.41. The molecule has 1 aromatic heterocycles. The van der Waals surface area contributed by atoms with Crippen molar-refractivity contribution in [2.75, 3.05) is 0 Å². The van der Waals surface area contributed by atoms with E-state index in [9.17, 15) is 0 Å². The van der Waals surface area contributed by atoms with E-state index in [1.165, 1.54) is 22.0 Å². The van der Waals surface area contributed by atoms with Crippen LogP contribution in [-0.4, -0.2) is 11.0 Å². The average Bonchev–Trinajstić information content (AvgIpc) is 2.72. The molecule has 16 heavy (non-hydrogen) atoms. The molecule has 0 amide bonds. The molecule has 2 rings (SSSR count). The first kappa shape index (κ1) is 11.2. The summed E-state index contributed by atoms with van der Waals surface area (Å²) in [4.78, 5) is 3.38. The zero-order valence-corrected chi connectivity index (χ0v) is 10.1. The largest absolute Gasteiger partial charge is 0.361 e. The molecule has 2 nitrogen and oxygen atoms in total. The zero-order valence-electron chi connectivity index (χ0n) is 10.1. The third-order valence-corrected chi connectivity index (χ3v) is 3.27. The summed E-state index contributed by atoms with van der Waals surface area (Å²) in [7, 11) is 0. The second-order valence-electron chi connectivity index (χ2n) is 4.38. The van der Waals surface area contributed by atoms with E-state index in [1.54, 1.807) is 0 Å². The van der Waals surface area contributed by atoms with Crippen molar-refractivity contribution >= 4 is 10.9 Å². The van der Waals surface area contributed by atoms with Gasteiger partial charge in [-0.15, -0.1) is 0 Å². The number of aromatic nitrogens is 1. The topological polar surface area (TPSA) is 41.8 Å². The van der Waals surface area contributed by atoms with Crippen molar-refractivity contribution in [3.05, 3.63) is 35.5 Å². The van der Waals surface area contributed by atoms with Crippen LogP contribution in [0, 0.1) is 0 Å². The van der Waals surface area contributed by atoms with Crippen molar-refractivity contribution in [3.63, 3.8) is 0 Å². The summed E-state index contributed by atoms with van der Waals surface area (Å²) in [6.07, 6.45) is 5.17. The number of H-pyrrole nitrogens is 1. The molecule has 0 radical (unpaired) electrons. The minimum Gasteiger partial charge on any atom is -0.361 e. The molecule has 86 valence electrons. The van der Waals surface area contributed by atoms with E-state index in [-0.39, 0.29) is 6.04 Å². The molecule has 2 heteroatoms. The molecule has 0 aliphatic carbocycles. The Kier molecular flexibility index (Phi) is 3.30. The molecule has 1 aromatic carbocycles. The SMILES string of the molecule is CCc1cccc2c(CC(N)CC)c[nH]c12. The quantitative estimate of drug-likeness (QED) is 0.810. The number of aromatic amines is 1. The van der Waals surface area contributed by atoms with Crippen LogP contribution in [0.25, 0.3) is 10.9 Å². The molecule has 3 N–H and O–H groups in total. The minimum absolute atomic E-state index is 0.268. The Morgan fingerprint density at radius 2 is 2.06 bits per heavy atom. The molecular formula is C14H20N2. The summed E-state index contributed by atoms with van der Waals surface area (Å²) in [6.45, 7) is 4.32. The maximum absolute atomic E-state index is 6.01. The van der Waals surface area contributed by atoms with Crippen LogP contribution in [-0.2, 0) is 12.8 Å². The van der Waals surface area contributed by atoms with E-state index in [0.29, 0.717) is 0 Å². The number of benzene rings is 1. The average molecular weight is 216 g/mol. The van der Waals surface area contributed by atoms with E-state index < -0.39 is 0 Å². The highest BCUT2D eigenvalue weighted by molar-refractivity contribution is 5.86. The van der Waals surface area contributed by atoms with E-state index in [0.717, 1.165) is 19.3 Å². The Morgan fingerprint density at radius 1 is 1.25 bits per heavy atom. The summed E-state index contributed by atoms with van der Waals surface area (Å²) in [5.74, 6) is 0. The molecule has 2 aromatic rings. The minimum atomic E-state index is 0.268. The van der Waals surface area contributed by atoms with Crippen LogP contribution < -0.4 is 5.73 Å². The highest BCUT2D eigenvalue weighted by atomic mass is 14.7. The van der Waals surface area contributed by atoms with E-state index in [4.69, 9.17) is 5.73 Å². The molecule has 0 aliphatic rings. The summed E-state index contributed by atoms with van der Waals surface area (Å²) in [5.41, 5.74) is 10.0. The summed E-state index contributed by atoms with van der Waals surface area (Å²) in [6, 6.07) is 6.77.